The van der Waals surface area contributed by atoms with Crippen LogP contribution in [0, 0.1) is 26.4 Å². The molecule has 0 fully saturated rings. The predicted molar refractivity (Wildman–Crippen MR) is 98.4 cm³/mol. The number of nitrogens with one attached hydrogen (secondary N) is 3. The van der Waals surface area contributed by atoms with Crippen LogP contribution < -0.4 is 11.0 Å². The molecule has 0 unspecified atom stereocenters. The fraction of sp³-hybridized carbons (Fsp3) is 0.0667. The van der Waals surface area contributed by atoms with Gasteiger partial charge >= 0.3 is 11.4 Å². The molecule has 0 amide bonds. The minimum Gasteiger partial charge on any atom is -0.355 e. The number of H-pyrrole nitrogens is 2. The maximum Gasteiger partial charge on any atom is 0.340 e. The van der Waals surface area contributed by atoms with Gasteiger partial charge in [0.2, 0.25) is 5.82 Å². The molecule has 0 aliphatic rings. The monoisotopic (exact) mass is 455 g/mol. The summed E-state index contributed by atoms with van der Waals surface area (Å²) in [6.45, 7) is 1.88. The Hall–Kier alpha value is -2.76. The number of nitrogens with zero attached hydrogens (tertiary/aromatic N) is 2. The number of nitro benzene ring substituents is 1. The van der Waals surface area contributed by atoms with Crippen LogP contribution in [0.2, 0.25) is 0 Å². The van der Waals surface area contributed by atoms with Gasteiger partial charge in [-0.2, -0.15) is 9.49 Å². The van der Waals surface area contributed by atoms with Gasteiger partial charge < -0.3 is 5.32 Å². The second-order valence-electron chi connectivity index (χ2n) is 5.22. The van der Waals surface area contributed by atoms with E-state index in [0.717, 1.165) is 21.3 Å². The van der Waals surface area contributed by atoms with Crippen molar-refractivity contribution in [3.63, 3.8) is 0 Å². The van der Waals surface area contributed by atoms with Gasteiger partial charge in [-0.15, -0.1) is 0 Å². The van der Waals surface area contributed by atoms with Crippen LogP contribution in [0.4, 0.5) is 21.5 Å². The highest BCUT2D eigenvalue weighted by atomic mass is 127. The van der Waals surface area contributed by atoms with Crippen LogP contribution in [0.1, 0.15) is 5.56 Å². The first kappa shape index (κ1) is 17.1. The van der Waals surface area contributed by atoms with Crippen molar-refractivity contribution in [3.8, 4) is 11.4 Å². The molecule has 0 aliphatic carbocycles. The van der Waals surface area contributed by atoms with Gasteiger partial charge in [-0.05, 0) is 53.3 Å². The number of hydrogen-bond acceptors (Lipinski definition) is 5. The standard InChI is InChI=1S/C15H11FIN5O3/c1-7-4-8(17)2-3-11(7)18-12-6-10(16)13(22(24)25)5-9(12)14-19-15(23)21-20-14/h2-6,18H,1H3,(H2,19,20,21,23). The lowest BCUT2D eigenvalue weighted by Gasteiger charge is -2.13. The zero-order valence-corrected chi connectivity index (χ0v) is 14.9. The van der Waals surface area contributed by atoms with Crippen LogP contribution in [0.25, 0.3) is 11.4 Å². The van der Waals surface area contributed by atoms with Crippen LogP contribution in [0.3, 0.4) is 0 Å². The topological polar surface area (TPSA) is 117 Å². The van der Waals surface area contributed by atoms with Crippen molar-refractivity contribution in [1.29, 1.82) is 0 Å². The van der Waals surface area contributed by atoms with Crippen LogP contribution in [-0.2, 0) is 0 Å². The highest BCUT2D eigenvalue weighted by Crippen LogP contribution is 2.34. The quantitative estimate of drug-likeness (QED) is 0.317. The van der Waals surface area contributed by atoms with E-state index >= 15 is 0 Å². The Balaban J connectivity index is 2.15. The number of halogens is 2. The first-order chi connectivity index (χ1) is 11.8. The number of aromatic amines is 2. The van der Waals surface area contributed by atoms with Crippen molar-refractivity contribution in [3.05, 3.63) is 65.9 Å². The highest BCUT2D eigenvalue weighted by molar-refractivity contribution is 14.1. The first-order valence-corrected chi connectivity index (χ1v) is 8.09. The van der Waals surface area contributed by atoms with Crippen LogP contribution >= 0.6 is 22.6 Å². The van der Waals surface area contributed by atoms with Gasteiger partial charge in [-0.1, -0.05) is 0 Å². The third-order valence-electron chi connectivity index (χ3n) is 3.50. The van der Waals surface area contributed by atoms with Gasteiger partial charge in [0.15, 0.2) is 5.82 Å². The first-order valence-electron chi connectivity index (χ1n) is 7.01. The lowest BCUT2D eigenvalue weighted by atomic mass is 10.1. The third kappa shape index (κ3) is 3.52. The van der Waals surface area contributed by atoms with Crippen molar-refractivity contribution >= 4 is 39.7 Å². The Morgan fingerprint density at radius 2 is 2.04 bits per heavy atom. The van der Waals surface area contributed by atoms with Crippen molar-refractivity contribution in [2.75, 3.05) is 5.32 Å². The zero-order valence-electron chi connectivity index (χ0n) is 12.8. The fourth-order valence-corrected chi connectivity index (χ4v) is 2.96. The molecule has 10 heteroatoms. The number of aromatic nitrogens is 3. The van der Waals surface area contributed by atoms with Crippen molar-refractivity contribution in [2.45, 2.75) is 6.92 Å². The normalized spacial score (nSPS) is 10.7. The lowest BCUT2D eigenvalue weighted by Crippen LogP contribution is -2.02. The minimum atomic E-state index is -0.989. The van der Waals surface area contributed by atoms with E-state index in [-0.39, 0.29) is 17.1 Å². The molecule has 0 bridgehead atoms. The summed E-state index contributed by atoms with van der Waals surface area (Å²) >= 11 is 2.17. The average molecular weight is 455 g/mol. The van der Waals surface area contributed by atoms with E-state index in [1.807, 2.05) is 25.1 Å². The summed E-state index contributed by atoms with van der Waals surface area (Å²) in [5, 5.41) is 20.0. The molecule has 0 atom stereocenters. The molecule has 1 heterocycles. The molecule has 1 aromatic heterocycles. The molecule has 8 nitrogen and oxygen atoms in total. The second-order valence-corrected chi connectivity index (χ2v) is 6.46. The maximum atomic E-state index is 14.1. The zero-order chi connectivity index (χ0) is 18.1. The van der Waals surface area contributed by atoms with Crippen molar-refractivity contribution in [1.82, 2.24) is 15.2 Å². The van der Waals surface area contributed by atoms with Gasteiger partial charge in [0.1, 0.15) is 0 Å². The van der Waals surface area contributed by atoms with Gasteiger partial charge in [-0.3, -0.25) is 15.1 Å². The molecule has 0 spiro atoms. The summed E-state index contributed by atoms with van der Waals surface area (Å²) in [7, 11) is 0. The summed E-state index contributed by atoms with van der Waals surface area (Å²) < 4.78 is 15.1. The van der Waals surface area contributed by atoms with E-state index in [9.17, 15) is 19.3 Å². The number of anilines is 2. The van der Waals surface area contributed by atoms with E-state index < -0.39 is 22.1 Å². The average Bonchev–Trinajstić information content (AvgIpc) is 2.96. The van der Waals surface area contributed by atoms with Crippen molar-refractivity contribution < 1.29 is 9.31 Å². The van der Waals surface area contributed by atoms with E-state index in [0.29, 0.717) is 5.69 Å². The molecule has 2 aromatic carbocycles. The van der Waals surface area contributed by atoms with E-state index in [1.54, 1.807) is 0 Å². The highest BCUT2D eigenvalue weighted by Gasteiger charge is 2.21. The lowest BCUT2D eigenvalue weighted by molar-refractivity contribution is -0.387. The van der Waals surface area contributed by atoms with Crippen LogP contribution in [0.5, 0.6) is 0 Å². The molecule has 0 saturated carbocycles. The Morgan fingerprint density at radius 3 is 2.64 bits per heavy atom. The molecule has 25 heavy (non-hydrogen) atoms. The predicted octanol–water partition coefficient (Wildman–Crippen LogP) is 3.47. The summed E-state index contributed by atoms with van der Waals surface area (Å²) in [4.78, 5) is 23.9. The Morgan fingerprint density at radius 1 is 1.28 bits per heavy atom. The third-order valence-corrected chi connectivity index (χ3v) is 4.17. The largest absolute Gasteiger partial charge is 0.355 e. The number of rotatable bonds is 4. The Labute approximate surface area is 153 Å². The maximum absolute atomic E-state index is 14.1. The Kier molecular flexibility index (Phi) is 4.53. The molecular formula is C15H11FIN5O3. The van der Waals surface area contributed by atoms with E-state index in [4.69, 9.17) is 0 Å². The minimum absolute atomic E-state index is 0.0683. The molecule has 3 N–H and O–H groups in total. The molecular weight excluding hydrogens is 444 g/mol. The summed E-state index contributed by atoms with van der Waals surface area (Å²) in [6.07, 6.45) is 0. The SMILES string of the molecule is Cc1cc(I)ccc1Nc1cc(F)c([N+](=O)[O-])cc1-c1n[nH]c(=O)[nH]1. The Bertz CT molecular complexity index is 1030. The fourth-order valence-electron chi connectivity index (χ4n) is 2.31. The molecule has 3 rings (SSSR count). The summed E-state index contributed by atoms with van der Waals surface area (Å²) in [6, 6.07) is 7.66. The van der Waals surface area contributed by atoms with Gasteiger partial charge in [-0.25, -0.2) is 9.89 Å². The van der Waals surface area contributed by atoms with Gasteiger partial charge in [0, 0.05) is 27.0 Å². The summed E-state index contributed by atoms with van der Waals surface area (Å²) in [5.41, 5.74) is 0.779. The van der Waals surface area contributed by atoms with Crippen LogP contribution in [0.15, 0.2) is 35.1 Å². The van der Waals surface area contributed by atoms with E-state index in [2.05, 4.69) is 43.1 Å². The van der Waals surface area contributed by atoms with Crippen molar-refractivity contribution in [2.24, 2.45) is 0 Å². The molecule has 0 aliphatic heterocycles. The number of benzene rings is 2. The van der Waals surface area contributed by atoms with Gasteiger partial charge in [0.25, 0.3) is 0 Å². The van der Waals surface area contributed by atoms with Gasteiger partial charge in [0.05, 0.1) is 10.6 Å². The summed E-state index contributed by atoms with van der Waals surface area (Å²) in [5.74, 6) is -0.920. The molecule has 0 radical (unpaired) electrons. The number of hydrogen-bond donors (Lipinski definition) is 3. The number of aryl methyl sites for hydroxylation is 1. The molecule has 0 saturated heterocycles. The van der Waals surface area contributed by atoms with Crippen LogP contribution in [-0.4, -0.2) is 20.1 Å². The van der Waals surface area contributed by atoms with E-state index in [1.165, 1.54) is 0 Å². The molecule has 3 aromatic rings. The molecule has 128 valence electrons. The number of nitro groups is 1. The second kappa shape index (κ2) is 6.63. The smallest absolute Gasteiger partial charge is 0.340 e.